The van der Waals surface area contributed by atoms with Gasteiger partial charge in [0.15, 0.2) is 6.61 Å². The largest absolute Gasteiger partial charge is 0.455 e. The Balaban J connectivity index is 1.79. The number of hydrogen-bond donors (Lipinski definition) is 1. The van der Waals surface area contributed by atoms with Crippen LogP contribution in [0.2, 0.25) is 0 Å². The van der Waals surface area contributed by atoms with E-state index in [-0.39, 0.29) is 25.0 Å². The van der Waals surface area contributed by atoms with E-state index in [1.807, 2.05) is 36.7 Å². The maximum absolute atomic E-state index is 11.7. The van der Waals surface area contributed by atoms with Crippen LogP contribution in [0.4, 0.5) is 0 Å². The van der Waals surface area contributed by atoms with Gasteiger partial charge in [-0.25, -0.2) is 4.98 Å². The van der Waals surface area contributed by atoms with Crippen molar-refractivity contribution in [3.63, 3.8) is 0 Å². The minimum atomic E-state index is -0.442. The number of nitrogens with zero attached hydrogens (tertiary/aromatic N) is 1. The number of aromatic nitrogens is 1. The molecule has 0 saturated carbocycles. The fourth-order valence-electron chi connectivity index (χ4n) is 1.67. The average molecular weight is 338 g/mol. The van der Waals surface area contributed by atoms with Gasteiger partial charge in [0.25, 0.3) is 5.91 Å². The van der Waals surface area contributed by atoms with E-state index in [4.69, 9.17) is 4.74 Å². The first-order valence-corrected chi connectivity index (χ1v) is 8.77. The van der Waals surface area contributed by atoms with Crippen LogP contribution in [0.25, 0.3) is 9.88 Å². The Bertz CT molecular complexity index is 623. The molecular formula is C15H18N2O3S2. The van der Waals surface area contributed by atoms with Crippen LogP contribution in [0.1, 0.15) is 26.0 Å². The summed E-state index contributed by atoms with van der Waals surface area (Å²) in [7, 11) is 0. The Morgan fingerprint density at radius 1 is 1.41 bits per heavy atom. The van der Waals surface area contributed by atoms with Crippen LogP contribution < -0.4 is 5.32 Å². The molecule has 0 radical (unpaired) electrons. The van der Waals surface area contributed by atoms with E-state index >= 15 is 0 Å². The molecule has 0 spiro atoms. The number of thiazole rings is 1. The lowest BCUT2D eigenvalue weighted by Gasteiger charge is -2.11. The van der Waals surface area contributed by atoms with Crippen LogP contribution >= 0.6 is 22.7 Å². The first-order chi connectivity index (χ1) is 10.6. The molecule has 1 amide bonds. The van der Waals surface area contributed by atoms with Crippen molar-refractivity contribution in [2.45, 2.75) is 32.7 Å². The second kappa shape index (κ2) is 8.05. The Morgan fingerprint density at radius 3 is 2.91 bits per heavy atom. The molecule has 2 rings (SSSR count). The first-order valence-electron chi connectivity index (χ1n) is 7.01. The highest BCUT2D eigenvalue weighted by Crippen LogP contribution is 2.27. The molecule has 118 valence electrons. The molecule has 7 heteroatoms. The Kier molecular flexibility index (Phi) is 6.09. The third-order valence-electron chi connectivity index (χ3n) is 2.99. The number of esters is 1. The van der Waals surface area contributed by atoms with Crippen LogP contribution in [-0.2, 0) is 20.7 Å². The number of thiophene rings is 1. The molecule has 1 unspecified atom stereocenters. The van der Waals surface area contributed by atoms with Crippen LogP contribution in [0.5, 0.6) is 0 Å². The van der Waals surface area contributed by atoms with Crippen molar-refractivity contribution in [1.29, 1.82) is 0 Å². The number of hydrogen-bond acceptors (Lipinski definition) is 6. The quantitative estimate of drug-likeness (QED) is 0.788. The van der Waals surface area contributed by atoms with E-state index < -0.39 is 5.97 Å². The third kappa shape index (κ3) is 4.92. The summed E-state index contributed by atoms with van der Waals surface area (Å²) in [5, 5.41) is 7.47. The molecule has 2 heterocycles. The number of nitrogens with one attached hydrogen (secondary N) is 1. The highest BCUT2D eigenvalue weighted by Gasteiger charge is 2.13. The third-order valence-corrected chi connectivity index (χ3v) is 4.92. The van der Waals surface area contributed by atoms with Crippen molar-refractivity contribution in [3.8, 4) is 9.88 Å². The molecule has 0 bridgehead atoms. The lowest BCUT2D eigenvalue weighted by Crippen LogP contribution is -2.35. The monoisotopic (exact) mass is 338 g/mol. The second-order valence-electron chi connectivity index (χ2n) is 4.84. The fourth-order valence-corrected chi connectivity index (χ4v) is 3.30. The fraction of sp³-hybridized carbons (Fsp3) is 0.400. The first kappa shape index (κ1) is 16.6. The molecule has 0 aromatic carbocycles. The molecule has 1 N–H and O–H groups in total. The summed E-state index contributed by atoms with van der Waals surface area (Å²) in [5.41, 5.74) is 0.667. The average Bonchev–Trinajstić information content (AvgIpc) is 3.15. The number of carbonyl (C=O) groups excluding carboxylic acids is 2. The predicted octanol–water partition coefficient (Wildman–Crippen LogP) is 2.87. The number of rotatable bonds is 7. The van der Waals surface area contributed by atoms with Crippen LogP contribution in [0.15, 0.2) is 22.9 Å². The van der Waals surface area contributed by atoms with Crippen molar-refractivity contribution >= 4 is 34.6 Å². The lowest BCUT2D eigenvalue weighted by molar-refractivity contribution is -0.148. The van der Waals surface area contributed by atoms with Crippen LogP contribution in [0.3, 0.4) is 0 Å². The second-order valence-corrected chi connectivity index (χ2v) is 6.64. The molecule has 0 aliphatic heterocycles. The van der Waals surface area contributed by atoms with Gasteiger partial charge in [-0.05, 0) is 24.8 Å². The highest BCUT2D eigenvalue weighted by atomic mass is 32.1. The zero-order valence-electron chi connectivity index (χ0n) is 12.5. The molecule has 2 aromatic heterocycles. The molecule has 0 aliphatic carbocycles. The summed E-state index contributed by atoms with van der Waals surface area (Å²) < 4.78 is 4.97. The molecule has 5 nitrogen and oxygen atoms in total. The summed E-state index contributed by atoms with van der Waals surface area (Å²) in [4.78, 5) is 28.8. The van der Waals surface area contributed by atoms with E-state index in [1.165, 1.54) is 11.3 Å². The molecular weight excluding hydrogens is 320 g/mol. The number of amides is 1. The van der Waals surface area contributed by atoms with E-state index in [0.29, 0.717) is 5.69 Å². The lowest BCUT2D eigenvalue weighted by atomic mass is 10.2. The van der Waals surface area contributed by atoms with Gasteiger partial charge in [0, 0.05) is 11.4 Å². The van der Waals surface area contributed by atoms with Gasteiger partial charge < -0.3 is 10.1 Å². The topological polar surface area (TPSA) is 68.3 Å². The van der Waals surface area contributed by atoms with Crippen molar-refractivity contribution in [1.82, 2.24) is 10.3 Å². The van der Waals surface area contributed by atoms with E-state index in [9.17, 15) is 9.59 Å². The molecule has 1 atom stereocenters. The van der Waals surface area contributed by atoms with Crippen LogP contribution in [0, 0.1) is 0 Å². The summed E-state index contributed by atoms with van der Waals surface area (Å²) in [5.74, 6) is -0.720. The Labute approximate surface area is 137 Å². The van der Waals surface area contributed by atoms with Gasteiger partial charge in [0.05, 0.1) is 17.0 Å². The van der Waals surface area contributed by atoms with Gasteiger partial charge in [-0.3, -0.25) is 9.59 Å². The van der Waals surface area contributed by atoms with E-state index in [2.05, 4.69) is 10.3 Å². The molecule has 0 fully saturated rings. The predicted molar refractivity (Wildman–Crippen MR) is 88.0 cm³/mol. The molecule has 0 saturated heterocycles. The number of ether oxygens (including phenoxy) is 1. The van der Waals surface area contributed by atoms with Gasteiger partial charge in [-0.15, -0.1) is 22.7 Å². The summed E-state index contributed by atoms with van der Waals surface area (Å²) in [6.07, 6.45) is 0.919. The maximum Gasteiger partial charge on any atom is 0.312 e. The summed E-state index contributed by atoms with van der Waals surface area (Å²) in [6.45, 7) is 3.64. The highest BCUT2D eigenvalue weighted by molar-refractivity contribution is 7.20. The minimum Gasteiger partial charge on any atom is -0.455 e. The Hall–Kier alpha value is -1.73. The number of carbonyl (C=O) groups is 2. The minimum absolute atomic E-state index is 0.0816. The summed E-state index contributed by atoms with van der Waals surface area (Å²) >= 11 is 3.11. The van der Waals surface area contributed by atoms with Gasteiger partial charge in [-0.1, -0.05) is 13.0 Å². The maximum atomic E-state index is 11.7. The standard InChI is InChI=1S/C15H18N2O3S2/c1-3-10(2)16-13(18)8-20-14(19)7-11-9-22-15(17-11)12-5-4-6-21-12/h4-6,9-10H,3,7-8H2,1-2H3,(H,16,18). The van der Waals surface area contributed by atoms with Crippen LogP contribution in [-0.4, -0.2) is 29.5 Å². The van der Waals surface area contributed by atoms with Gasteiger partial charge in [-0.2, -0.15) is 0 Å². The zero-order valence-corrected chi connectivity index (χ0v) is 14.1. The normalized spacial score (nSPS) is 11.9. The molecule has 2 aromatic rings. The van der Waals surface area contributed by atoms with E-state index in [1.54, 1.807) is 11.3 Å². The van der Waals surface area contributed by atoms with Gasteiger partial charge in [0.1, 0.15) is 5.01 Å². The summed E-state index contributed by atoms with van der Waals surface area (Å²) in [6, 6.07) is 4.04. The van der Waals surface area contributed by atoms with Gasteiger partial charge >= 0.3 is 5.97 Å². The van der Waals surface area contributed by atoms with Crippen molar-refractivity contribution in [2.24, 2.45) is 0 Å². The van der Waals surface area contributed by atoms with Crippen molar-refractivity contribution in [3.05, 3.63) is 28.6 Å². The van der Waals surface area contributed by atoms with Gasteiger partial charge in [0.2, 0.25) is 0 Å². The van der Waals surface area contributed by atoms with Crippen molar-refractivity contribution < 1.29 is 14.3 Å². The Morgan fingerprint density at radius 2 is 2.23 bits per heavy atom. The molecule has 0 aliphatic rings. The van der Waals surface area contributed by atoms with Crippen molar-refractivity contribution in [2.75, 3.05) is 6.61 Å². The zero-order chi connectivity index (χ0) is 15.9. The van der Waals surface area contributed by atoms with E-state index in [0.717, 1.165) is 16.3 Å². The smallest absolute Gasteiger partial charge is 0.312 e. The molecule has 22 heavy (non-hydrogen) atoms. The SMILES string of the molecule is CCC(C)NC(=O)COC(=O)Cc1csc(-c2cccs2)n1.